The molecule has 0 aromatic heterocycles. The van der Waals surface area contributed by atoms with Gasteiger partial charge in [-0.05, 0) is 125 Å². The van der Waals surface area contributed by atoms with Crippen molar-refractivity contribution in [1.82, 2.24) is 20.4 Å². The summed E-state index contributed by atoms with van der Waals surface area (Å²) >= 11 is 4.90. The number of unbranched alkanes of at least 4 members (excludes halogenated alkanes) is 2. The van der Waals surface area contributed by atoms with Crippen molar-refractivity contribution in [3.05, 3.63) is 80.3 Å². The molecule has 2 heterocycles. The van der Waals surface area contributed by atoms with E-state index in [0.717, 1.165) is 96.1 Å². The first kappa shape index (κ1) is 52.2. The van der Waals surface area contributed by atoms with E-state index in [4.69, 9.17) is 25.8 Å². The van der Waals surface area contributed by atoms with Gasteiger partial charge in [0, 0.05) is 54.2 Å². The van der Waals surface area contributed by atoms with Gasteiger partial charge in [0.1, 0.15) is 22.6 Å². The minimum atomic E-state index is -0.696. The third kappa shape index (κ3) is 12.1. The molecule has 0 radical (unpaired) electrons. The topological polar surface area (TPSA) is 147 Å². The van der Waals surface area contributed by atoms with E-state index in [1.165, 1.54) is 9.80 Å². The van der Waals surface area contributed by atoms with Crippen molar-refractivity contribution in [2.75, 3.05) is 41.4 Å². The number of hydrogen-bond acceptors (Lipinski definition) is 8. The second-order valence-corrected chi connectivity index (χ2v) is 18.0. The zero-order valence-electron chi connectivity index (χ0n) is 38.9. The van der Waals surface area contributed by atoms with E-state index in [9.17, 15) is 24.3 Å². The van der Waals surface area contributed by atoms with Crippen LogP contribution in [0.5, 0.6) is 0 Å². The number of nitrogens with zero attached hydrogens (tertiary/aromatic N) is 2. The number of ether oxygens (including phenoxy) is 3. The number of halogens is 2. The highest BCUT2D eigenvalue weighted by Crippen LogP contribution is 2.47. The molecule has 4 amide bonds. The Balaban J connectivity index is 0.000000291. The zero-order valence-corrected chi connectivity index (χ0v) is 40.4. The third-order valence-electron chi connectivity index (χ3n) is 11.9. The van der Waals surface area contributed by atoms with E-state index < -0.39 is 22.5 Å². The van der Waals surface area contributed by atoms with Crippen molar-refractivity contribution < 1.29 is 50.9 Å². The van der Waals surface area contributed by atoms with Crippen LogP contribution in [0, 0.1) is 41.5 Å². The minimum Gasteiger partial charge on any atom is -1.00 e. The second-order valence-electron chi connectivity index (χ2n) is 17.6. The summed E-state index contributed by atoms with van der Waals surface area (Å²) in [6, 6.07) is 8.24. The monoisotopic (exact) mass is 899 g/mol. The van der Waals surface area contributed by atoms with Gasteiger partial charge in [-0.3, -0.25) is 14.4 Å². The SMILES string of the molecule is CCCCOC1CCC2(C1)NC(=O)C(c1c(C)cc(C)cc1C)=C2O.CCCCOC1CCC2(C1)NC(=O)C(c1c(C)cc(C)cc1C)=C2OC(=O)N(C)C.CN(C)C(=O)Cl.[Cl-]. The van der Waals surface area contributed by atoms with Crippen LogP contribution >= 0.6 is 11.6 Å². The number of carbonyl (C=O) groups excluding carboxylic acids is 4. The van der Waals surface area contributed by atoms with E-state index in [2.05, 4.69) is 48.7 Å². The molecule has 12 nitrogen and oxygen atoms in total. The Morgan fingerprint density at radius 3 is 1.52 bits per heavy atom. The summed E-state index contributed by atoms with van der Waals surface area (Å²) < 4.78 is 17.9. The number of carbonyl (C=O) groups is 4. The zero-order chi connectivity index (χ0) is 45.4. The number of aryl methyl sites for hydroxylation is 6. The van der Waals surface area contributed by atoms with Crippen LogP contribution in [0.4, 0.5) is 9.59 Å². The van der Waals surface area contributed by atoms with E-state index in [1.54, 1.807) is 28.2 Å². The average molecular weight is 901 g/mol. The predicted octanol–water partition coefficient (Wildman–Crippen LogP) is 6.29. The first-order chi connectivity index (χ1) is 28.7. The van der Waals surface area contributed by atoms with Crippen LogP contribution in [-0.2, 0) is 23.8 Å². The minimum absolute atomic E-state index is 0. The number of benzene rings is 2. The summed E-state index contributed by atoms with van der Waals surface area (Å²) in [7, 11) is 6.48. The average Bonchev–Trinajstić information content (AvgIpc) is 3.90. The first-order valence-corrected chi connectivity index (χ1v) is 22.1. The largest absolute Gasteiger partial charge is 1.00 e. The highest BCUT2D eigenvalue weighted by molar-refractivity contribution is 6.62. The van der Waals surface area contributed by atoms with Crippen molar-refractivity contribution in [1.29, 1.82) is 0 Å². The van der Waals surface area contributed by atoms with Crippen LogP contribution in [0.1, 0.15) is 123 Å². The van der Waals surface area contributed by atoms with Gasteiger partial charge in [-0.1, -0.05) is 62.1 Å². The van der Waals surface area contributed by atoms with Gasteiger partial charge >= 0.3 is 11.5 Å². The number of aliphatic hydroxyl groups excluding tert-OH is 1. The van der Waals surface area contributed by atoms with Gasteiger partial charge in [0.2, 0.25) is 0 Å². The number of rotatable bonds is 11. The molecule has 344 valence electrons. The van der Waals surface area contributed by atoms with Crippen molar-refractivity contribution in [3.63, 3.8) is 0 Å². The summed E-state index contributed by atoms with van der Waals surface area (Å²) in [6.07, 6.45) is 8.31. The molecule has 4 aliphatic rings. The lowest BCUT2D eigenvalue weighted by atomic mass is 9.89. The fourth-order valence-electron chi connectivity index (χ4n) is 9.02. The van der Waals surface area contributed by atoms with Gasteiger partial charge in [-0.15, -0.1) is 0 Å². The van der Waals surface area contributed by atoms with Crippen molar-refractivity contribution in [2.24, 2.45) is 0 Å². The lowest BCUT2D eigenvalue weighted by molar-refractivity contribution is -0.117. The number of hydrogen-bond donors (Lipinski definition) is 3. The Morgan fingerprint density at radius 1 is 0.710 bits per heavy atom. The maximum absolute atomic E-state index is 13.2. The molecule has 2 spiro atoms. The van der Waals surface area contributed by atoms with Gasteiger partial charge in [0.05, 0.1) is 23.4 Å². The summed E-state index contributed by atoms with van der Waals surface area (Å²) in [6.45, 7) is 17.8. The molecule has 3 N–H and O–H groups in total. The van der Waals surface area contributed by atoms with Gasteiger partial charge in [-0.25, -0.2) is 4.79 Å². The number of nitrogens with one attached hydrogen (secondary N) is 2. The normalized spacial score (nSPS) is 22.5. The summed E-state index contributed by atoms with van der Waals surface area (Å²) in [5.74, 6) is 0.305. The molecule has 62 heavy (non-hydrogen) atoms. The Hall–Kier alpha value is -4.10. The Kier molecular flexibility index (Phi) is 19.0. The smallest absolute Gasteiger partial charge is 0.414 e. The highest BCUT2D eigenvalue weighted by atomic mass is 35.5. The third-order valence-corrected chi connectivity index (χ3v) is 12.3. The lowest BCUT2D eigenvalue weighted by Crippen LogP contribution is -3.00. The van der Waals surface area contributed by atoms with Crippen LogP contribution in [0.2, 0.25) is 0 Å². The molecule has 4 unspecified atom stereocenters. The lowest BCUT2D eigenvalue weighted by Gasteiger charge is -2.28. The highest BCUT2D eigenvalue weighted by Gasteiger charge is 2.54. The molecule has 2 aromatic carbocycles. The molecule has 4 atom stereocenters. The molecule has 2 aliphatic carbocycles. The van der Waals surface area contributed by atoms with Crippen LogP contribution in [0.15, 0.2) is 35.8 Å². The van der Waals surface area contributed by atoms with Gasteiger partial charge in [0.25, 0.3) is 11.8 Å². The maximum atomic E-state index is 13.2. The first-order valence-electron chi connectivity index (χ1n) is 21.7. The Labute approximate surface area is 380 Å². The molecule has 6 rings (SSSR count). The van der Waals surface area contributed by atoms with Crippen LogP contribution in [0.25, 0.3) is 11.1 Å². The fourth-order valence-corrected chi connectivity index (χ4v) is 9.02. The summed E-state index contributed by atoms with van der Waals surface area (Å²) in [4.78, 5) is 51.0. The van der Waals surface area contributed by atoms with Crippen molar-refractivity contribution in [3.8, 4) is 0 Å². The summed E-state index contributed by atoms with van der Waals surface area (Å²) in [5, 5.41) is 16.8. The number of aliphatic hydroxyl groups is 1. The van der Waals surface area contributed by atoms with E-state index in [-0.39, 0.29) is 42.2 Å². The van der Waals surface area contributed by atoms with E-state index >= 15 is 0 Å². The molecule has 0 bridgehead atoms. The van der Waals surface area contributed by atoms with Crippen molar-refractivity contribution >= 4 is 46.0 Å². The second kappa shape index (κ2) is 22.5. The number of amides is 4. The van der Waals surface area contributed by atoms with Gasteiger partial charge in [-0.2, -0.15) is 0 Å². The van der Waals surface area contributed by atoms with Crippen LogP contribution in [-0.4, -0.2) is 103 Å². The molecule has 14 heteroatoms. The molecular formula is C48H69Cl2N4O8-. The fraction of sp³-hybridized carbons (Fsp3) is 0.583. The van der Waals surface area contributed by atoms with Crippen molar-refractivity contribution in [2.45, 2.75) is 143 Å². The molecule has 2 fully saturated rings. The molecule has 2 aromatic rings. The van der Waals surface area contributed by atoms with E-state index in [1.807, 2.05) is 41.5 Å². The Bertz CT molecular complexity index is 1980. The van der Waals surface area contributed by atoms with E-state index in [0.29, 0.717) is 42.8 Å². The molecule has 2 saturated carbocycles. The predicted molar refractivity (Wildman–Crippen MR) is 242 cm³/mol. The molecular weight excluding hydrogens is 831 g/mol. The van der Waals surface area contributed by atoms with Gasteiger partial charge in [0.15, 0.2) is 0 Å². The standard InChI is InChI=1S/C24H34N2O4.C21H29NO3.C3H6ClNO.ClH/c1-7-8-11-29-18-9-10-24(14-18)21(30-23(28)26(5)6)20(22(27)25-24)19-16(3)12-15(2)13-17(19)4;1-5-6-9-25-16-7-8-21(12-16)19(23)18(20(24)22-21)17-14(3)10-13(2)11-15(17)4;1-5(2)3(4)6;/h12-13,18H,7-11,14H2,1-6H3,(H,25,27);10-11,16,23H,5-9,12H2,1-4H3,(H,22,24);1-2H3;1H/p-1. The van der Waals surface area contributed by atoms with Gasteiger partial charge < -0.3 is 52.2 Å². The summed E-state index contributed by atoms with van der Waals surface area (Å²) in [5.41, 5.74) is 7.67. The maximum Gasteiger partial charge on any atom is 0.414 e. The molecule has 0 saturated heterocycles. The molecule has 2 aliphatic heterocycles. The van der Waals surface area contributed by atoms with Crippen LogP contribution in [0.3, 0.4) is 0 Å². The van der Waals surface area contributed by atoms with Crippen LogP contribution < -0.4 is 23.0 Å². The Morgan fingerprint density at radius 2 is 1.10 bits per heavy atom. The quantitative estimate of drug-likeness (QED) is 0.136.